The van der Waals surface area contributed by atoms with Gasteiger partial charge < -0.3 is 16.0 Å². The topological polar surface area (TPSA) is 70.2 Å². The molecule has 0 radical (unpaired) electrons. The minimum Gasteiger partial charge on any atom is -0.325 e. The van der Waals surface area contributed by atoms with E-state index in [9.17, 15) is 9.59 Å². The molecule has 0 spiro atoms. The Balaban J connectivity index is 1.70. The molecule has 0 saturated heterocycles. The molecule has 2 aromatic carbocycles. The lowest BCUT2D eigenvalue weighted by molar-refractivity contribution is -0.115. The number of hydrogen-bond acceptors (Lipinski definition) is 2. The minimum atomic E-state index is -0.309. The van der Waals surface area contributed by atoms with Crippen LogP contribution in [0.15, 0.2) is 36.4 Å². The van der Waals surface area contributed by atoms with Crippen LogP contribution in [0.25, 0.3) is 0 Å². The smallest absolute Gasteiger partial charge is 0.323 e. The number of aryl methyl sites for hydroxylation is 2. The average Bonchev–Trinajstić information content (AvgIpc) is 2.81. The summed E-state index contributed by atoms with van der Waals surface area (Å²) in [5.74, 6) is -0.0214. The number of amides is 3. The van der Waals surface area contributed by atoms with E-state index < -0.39 is 0 Å². The number of carbonyl (C=O) groups is 2. The third-order valence-corrected chi connectivity index (χ3v) is 3.62. The molecule has 0 aromatic heterocycles. The Hall–Kier alpha value is -2.82. The molecule has 1 aliphatic rings. The summed E-state index contributed by atoms with van der Waals surface area (Å²) in [6.07, 6.45) is 0.393. The SMILES string of the molecule is Cc1ccc(NC(=O)Nc2ccc3c(c2)NC(=O)C3)c(C)c1. The molecule has 3 rings (SSSR count). The van der Waals surface area contributed by atoms with Crippen molar-refractivity contribution < 1.29 is 9.59 Å². The first kappa shape index (κ1) is 14.1. The number of nitrogens with one attached hydrogen (secondary N) is 3. The number of urea groups is 1. The first-order valence-electron chi connectivity index (χ1n) is 7.09. The summed E-state index contributed by atoms with van der Waals surface area (Å²) in [5, 5.41) is 8.37. The van der Waals surface area contributed by atoms with Gasteiger partial charge in [0.15, 0.2) is 0 Å². The molecule has 22 heavy (non-hydrogen) atoms. The largest absolute Gasteiger partial charge is 0.325 e. The van der Waals surface area contributed by atoms with E-state index in [0.29, 0.717) is 12.1 Å². The maximum absolute atomic E-state index is 12.1. The number of hydrogen-bond donors (Lipinski definition) is 3. The van der Waals surface area contributed by atoms with Gasteiger partial charge >= 0.3 is 6.03 Å². The summed E-state index contributed by atoms with van der Waals surface area (Å²) in [7, 11) is 0. The average molecular weight is 295 g/mol. The first-order valence-corrected chi connectivity index (χ1v) is 7.09. The highest BCUT2D eigenvalue weighted by atomic mass is 16.2. The van der Waals surface area contributed by atoms with Gasteiger partial charge in [-0.15, -0.1) is 0 Å². The van der Waals surface area contributed by atoms with E-state index in [0.717, 1.165) is 28.1 Å². The van der Waals surface area contributed by atoms with Crippen LogP contribution in [0, 0.1) is 13.8 Å². The summed E-state index contributed by atoms with van der Waals surface area (Å²) in [6, 6.07) is 10.9. The Morgan fingerprint density at radius 3 is 2.68 bits per heavy atom. The van der Waals surface area contributed by atoms with Crippen LogP contribution in [0.1, 0.15) is 16.7 Å². The van der Waals surface area contributed by atoms with Crippen LogP contribution >= 0.6 is 0 Å². The Morgan fingerprint density at radius 2 is 1.91 bits per heavy atom. The molecule has 0 unspecified atom stereocenters. The highest BCUT2D eigenvalue weighted by molar-refractivity contribution is 6.03. The van der Waals surface area contributed by atoms with Crippen molar-refractivity contribution >= 4 is 29.0 Å². The van der Waals surface area contributed by atoms with Gasteiger partial charge in [0.2, 0.25) is 5.91 Å². The summed E-state index contributed by atoms with van der Waals surface area (Å²) in [6.45, 7) is 3.96. The van der Waals surface area contributed by atoms with E-state index in [1.165, 1.54) is 0 Å². The Kier molecular flexibility index (Phi) is 3.55. The number of anilines is 3. The van der Waals surface area contributed by atoms with Gasteiger partial charge in [-0.2, -0.15) is 0 Å². The molecule has 3 N–H and O–H groups in total. The molecule has 0 fully saturated rings. The highest BCUT2D eigenvalue weighted by Gasteiger charge is 2.17. The van der Waals surface area contributed by atoms with Crippen LogP contribution in [0.4, 0.5) is 21.9 Å². The number of benzene rings is 2. The van der Waals surface area contributed by atoms with Crippen molar-refractivity contribution in [3.8, 4) is 0 Å². The zero-order valence-corrected chi connectivity index (χ0v) is 12.5. The van der Waals surface area contributed by atoms with Gasteiger partial charge in [-0.25, -0.2) is 4.79 Å². The third-order valence-electron chi connectivity index (χ3n) is 3.62. The van der Waals surface area contributed by atoms with Crippen molar-refractivity contribution in [2.75, 3.05) is 16.0 Å². The van der Waals surface area contributed by atoms with Crippen LogP contribution in [0.3, 0.4) is 0 Å². The molecule has 3 amide bonds. The Morgan fingerprint density at radius 1 is 1.09 bits per heavy atom. The molecule has 0 aliphatic carbocycles. The van der Waals surface area contributed by atoms with Gasteiger partial charge in [0.05, 0.1) is 6.42 Å². The predicted molar refractivity (Wildman–Crippen MR) is 87.3 cm³/mol. The molecule has 2 aromatic rings. The predicted octanol–water partition coefficient (Wildman–Crippen LogP) is 3.44. The molecule has 0 bridgehead atoms. The quantitative estimate of drug-likeness (QED) is 0.794. The van der Waals surface area contributed by atoms with E-state index in [1.54, 1.807) is 12.1 Å². The second kappa shape index (κ2) is 5.52. The fraction of sp³-hybridized carbons (Fsp3) is 0.176. The zero-order valence-electron chi connectivity index (χ0n) is 12.5. The van der Waals surface area contributed by atoms with Gasteiger partial charge in [0.25, 0.3) is 0 Å². The molecule has 1 heterocycles. The second-order valence-electron chi connectivity index (χ2n) is 5.49. The van der Waals surface area contributed by atoms with Crippen molar-refractivity contribution in [2.45, 2.75) is 20.3 Å². The lowest BCUT2D eigenvalue weighted by atomic mass is 10.1. The summed E-state index contributed by atoms with van der Waals surface area (Å²) >= 11 is 0. The van der Waals surface area contributed by atoms with E-state index in [2.05, 4.69) is 16.0 Å². The first-order chi connectivity index (χ1) is 10.5. The maximum atomic E-state index is 12.1. The van der Waals surface area contributed by atoms with Crippen LogP contribution in [-0.4, -0.2) is 11.9 Å². The van der Waals surface area contributed by atoms with Crippen molar-refractivity contribution in [3.63, 3.8) is 0 Å². The van der Waals surface area contributed by atoms with Crippen LogP contribution in [0.5, 0.6) is 0 Å². The lowest BCUT2D eigenvalue weighted by Crippen LogP contribution is -2.20. The van der Waals surface area contributed by atoms with E-state index in [1.807, 2.05) is 38.1 Å². The van der Waals surface area contributed by atoms with Crippen molar-refractivity contribution in [3.05, 3.63) is 53.1 Å². The van der Waals surface area contributed by atoms with E-state index in [-0.39, 0.29) is 11.9 Å². The minimum absolute atomic E-state index is 0.0214. The maximum Gasteiger partial charge on any atom is 0.323 e. The molecule has 112 valence electrons. The number of rotatable bonds is 2. The Labute approximate surface area is 128 Å². The number of fused-ring (bicyclic) bond motifs is 1. The molecule has 1 aliphatic heterocycles. The van der Waals surface area contributed by atoms with Gasteiger partial charge in [-0.3, -0.25) is 4.79 Å². The molecule has 0 saturated carbocycles. The molecule has 0 atom stereocenters. The van der Waals surface area contributed by atoms with Crippen LogP contribution < -0.4 is 16.0 Å². The highest BCUT2D eigenvalue weighted by Crippen LogP contribution is 2.26. The summed E-state index contributed by atoms with van der Waals surface area (Å²) in [5.41, 5.74) is 5.29. The second-order valence-corrected chi connectivity index (χ2v) is 5.49. The fourth-order valence-corrected chi connectivity index (χ4v) is 2.53. The monoisotopic (exact) mass is 295 g/mol. The van der Waals surface area contributed by atoms with Crippen LogP contribution in [0.2, 0.25) is 0 Å². The molecule has 5 heteroatoms. The van der Waals surface area contributed by atoms with Gasteiger partial charge in [0.1, 0.15) is 0 Å². The van der Waals surface area contributed by atoms with Gasteiger partial charge in [-0.05, 0) is 43.2 Å². The zero-order chi connectivity index (χ0) is 15.7. The molecular formula is C17H17N3O2. The Bertz CT molecular complexity index is 768. The van der Waals surface area contributed by atoms with E-state index >= 15 is 0 Å². The van der Waals surface area contributed by atoms with Crippen molar-refractivity contribution in [2.24, 2.45) is 0 Å². The van der Waals surface area contributed by atoms with Gasteiger partial charge in [-0.1, -0.05) is 23.8 Å². The standard InChI is InChI=1S/C17H17N3O2/c1-10-3-6-14(11(2)7-10)20-17(22)18-13-5-4-12-8-16(21)19-15(12)9-13/h3-7,9H,8H2,1-2H3,(H,19,21)(H2,18,20,22). The van der Waals surface area contributed by atoms with Crippen molar-refractivity contribution in [1.82, 2.24) is 0 Å². The van der Waals surface area contributed by atoms with Crippen molar-refractivity contribution in [1.29, 1.82) is 0 Å². The normalized spacial score (nSPS) is 12.5. The summed E-state index contributed by atoms with van der Waals surface area (Å²) < 4.78 is 0. The summed E-state index contributed by atoms with van der Waals surface area (Å²) in [4.78, 5) is 23.4. The van der Waals surface area contributed by atoms with E-state index in [4.69, 9.17) is 0 Å². The number of carbonyl (C=O) groups excluding carboxylic acids is 2. The fourth-order valence-electron chi connectivity index (χ4n) is 2.53. The van der Waals surface area contributed by atoms with Gasteiger partial charge in [0, 0.05) is 17.1 Å². The lowest BCUT2D eigenvalue weighted by Gasteiger charge is -2.11. The van der Waals surface area contributed by atoms with Crippen LogP contribution in [-0.2, 0) is 11.2 Å². The molecule has 5 nitrogen and oxygen atoms in total. The molecular weight excluding hydrogens is 278 g/mol. The third kappa shape index (κ3) is 2.93.